The number of sulfonamides is 1. The minimum atomic E-state index is -4.65. The zero-order valence-corrected chi connectivity index (χ0v) is 22.8. The quantitative estimate of drug-likeness (QED) is 0.505. The summed E-state index contributed by atoms with van der Waals surface area (Å²) >= 11 is 0. The highest BCUT2D eigenvalue weighted by molar-refractivity contribution is 7.89. The predicted molar refractivity (Wildman–Crippen MR) is 134 cm³/mol. The molecule has 1 saturated heterocycles. The number of benzene rings is 1. The van der Waals surface area contributed by atoms with Gasteiger partial charge in [-0.15, -0.1) is 0 Å². The van der Waals surface area contributed by atoms with E-state index in [-0.39, 0.29) is 16.8 Å². The van der Waals surface area contributed by atoms with Crippen molar-refractivity contribution in [1.82, 2.24) is 14.5 Å². The molecule has 0 bridgehead atoms. The summed E-state index contributed by atoms with van der Waals surface area (Å²) in [6, 6.07) is 2.46. The lowest BCUT2D eigenvalue weighted by Crippen LogP contribution is -2.54. The number of carbonyl (C=O) groups excluding carboxylic acids is 2. The van der Waals surface area contributed by atoms with Crippen molar-refractivity contribution in [3.8, 4) is 0 Å². The Kier molecular flexibility index (Phi) is 8.05. The highest BCUT2D eigenvalue weighted by Gasteiger charge is 2.45. The van der Waals surface area contributed by atoms with Gasteiger partial charge in [-0.25, -0.2) is 13.2 Å². The third kappa shape index (κ3) is 7.19. The van der Waals surface area contributed by atoms with Crippen LogP contribution in [0.15, 0.2) is 29.2 Å². The number of alkyl halides is 3. The summed E-state index contributed by atoms with van der Waals surface area (Å²) in [4.78, 5) is 27.0. The average Bonchev–Trinajstić information content (AvgIpc) is 3.73. The van der Waals surface area contributed by atoms with E-state index in [9.17, 15) is 31.2 Å². The van der Waals surface area contributed by atoms with Crippen LogP contribution in [0.4, 0.5) is 18.0 Å². The number of halogens is 3. The van der Waals surface area contributed by atoms with Gasteiger partial charge in [0.05, 0.1) is 10.5 Å². The maximum atomic E-state index is 13.5. The molecular weight excluding hydrogens is 523 g/mol. The smallest absolute Gasteiger partial charge is 0.416 e. The van der Waals surface area contributed by atoms with Gasteiger partial charge >= 0.3 is 12.3 Å². The van der Waals surface area contributed by atoms with E-state index in [1.807, 2.05) is 0 Å². The zero-order chi connectivity index (χ0) is 27.9. The molecule has 1 aromatic rings. The summed E-state index contributed by atoms with van der Waals surface area (Å²) < 4.78 is 73.4. The number of hydrogen-bond acceptors (Lipinski definition) is 5. The van der Waals surface area contributed by atoms with Crippen molar-refractivity contribution in [2.24, 2.45) is 5.92 Å². The van der Waals surface area contributed by atoms with Crippen molar-refractivity contribution < 1.29 is 35.9 Å². The lowest BCUT2D eigenvalue weighted by atomic mass is 10.0. The fourth-order valence-electron chi connectivity index (χ4n) is 4.89. The van der Waals surface area contributed by atoms with Crippen LogP contribution >= 0.6 is 0 Å². The molecule has 8 nitrogen and oxygen atoms in total. The molecule has 1 N–H and O–H groups in total. The molecule has 212 valence electrons. The molecular formula is C26H36F3N3O5S. The summed E-state index contributed by atoms with van der Waals surface area (Å²) in [5.74, 6) is 0.152. The lowest BCUT2D eigenvalue weighted by molar-refractivity contribution is -0.137. The van der Waals surface area contributed by atoms with Gasteiger partial charge in [0.1, 0.15) is 11.6 Å². The first kappa shape index (κ1) is 28.7. The molecule has 1 atom stereocenters. The van der Waals surface area contributed by atoms with E-state index in [0.29, 0.717) is 57.2 Å². The third-order valence-electron chi connectivity index (χ3n) is 7.03. The first-order valence-corrected chi connectivity index (χ1v) is 14.6. The molecule has 0 aromatic heterocycles. The van der Waals surface area contributed by atoms with Gasteiger partial charge in [-0.05, 0) is 77.0 Å². The molecule has 3 aliphatic rings. The summed E-state index contributed by atoms with van der Waals surface area (Å²) in [6.07, 6.45) is -0.731. The molecule has 2 aliphatic carbocycles. The number of piperidine rings is 1. The van der Waals surface area contributed by atoms with Crippen LogP contribution in [0.25, 0.3) is 0 Å². The Morgan fingerprint density at radius 2 is 1.66 bits per heavy atom. The Morgan fingerprint density at radius 3 is 2.18 bits per heavy atom. The van der Waals surface area contributed by atoms with E-state index in [2.05, 4.69) is 5.32 Å². The number of likely N-dealkylation sites (tertiary alicyclic amines) is 1. The second-order valence-corrected chi connectivity index (χ2v) is 13.4. The van der Waals surface area contributed by atoms with E-state index in [1.54, 1.807) is 25.7 Å². The normalized spacial score (nSPS) is 20.3. The molecule has 3 fully saturated rings. The van der Waals surface area contributed by atoms with Crippen LogP contribution in [0.1, 0.15) is 71.3 Å². The van der Waals surface area contributed by atoms with E-state index in [0.717, 1.165) is 25.0 Å². The number of amides is 2. The fourth-order valence-corrected chi connectivity index (χ4v) is 6.87. The molecule has 0 radical (unpaired) electrons. The summed E-state index contributed by atoms with van der Waals surface area (Å²) in [5.41, 5.74) is -1.71. The number of nitrogens with zero attached hydrogens (tertiary/aromatic N) is 2. The number of rotatable bonds is 8. The van der Waals surface area contributed by atoms with Gasteiger partial charge in [-0.1, -0.05) is 18.9 Å². The molecule has 1 aromatic carbocycles. The van der Waals surface area contributed by atoms with Crippen molar-refractivity contribution in [3.05, 3.63) is 29.8 Å². The maximum Gasteiger partial charge on any atom is 0.416 e. The topological polar surface area (TPSA) is 96.0 Å². The van der Waals surface area contributed by atoms with Crippen LogP contribution in [-0.4, -0.2) is 66.4 Å². The number of carbonyl (C=O) groups is 2. The molecule has 12 heteroatoms. The second-order valence-electron chi connectivity index (χ2n) is 11.5. The molecule has 1 unspecified atom stereocenters. The first-order valence-electron chi connectivity index (χ1n) is 13.1. The third-order valence-corrected chi connectivity index (χ3v) is 9.04. The van der Waals surface area contributed by atoms with Crippen molar-refractivity contribution in [2.45, 2.75) is 101 Å². The zero-order valence-electron chi connectivity index (χ0n) is 22.0. The van der Waals surface area contributed by atoms with Crippen LogP contribution in [0.5, 0.6) is 0 Å². The van der Waals surface area contributed by atoms with Gasteiger partial charge in [0, 0.05) is 25.2 Å². The van der Waals surface area contributed by atoms with E-state index < -0.39 is 45.5 Å². The van der Waals surface area contributed by atoms with E-state index >= 15 is 0 Å². The van der Waals surface area contributed by atoms with Gasteiger partial charge in [-0.3, -0.25) is 4.79 Å². The minimum Gasteiger partial charge on any atom is -0.444 e. The number of hydrogen-bond donors (Lipinski definition) is 1. The van der Waals surface area contributed by atoms with E-state index in [4.69, 9.17) is 4.74 Å². The first-order chi connectivity index (χ1) is 17.6. The Morgan fingerprint density at radius 1 is 1.05 bits per heavy atom. The summed E-state index contributed by atoms with van der Waals surface area (Å²) in [7, 11) is -4.16. The van der Waals surface area contributed by atoms with Crippen LogP contribution in [0, 0.1) is 5.92 Å². The molecule has 2 saturated carbocycles. The minimum absolute atomic E-state index is 0.222. The maximum absolute atomic E-state index is 13.5. The standard InChI is InChI=1S/C26H36F3N3O5S/c1-25(2,3)37-24(34)30-22(15-17-7-8-17)23(33)31-13-11-20(12-14-31)32(19-9-10-19)38(35,36)21-6-4-5-18(16-21)26(27,28)29/h4-6,16-17,19-20,22H,7-15H2,1-3H3,(H,30,34). The van der Waals surface area contributed by atoms with Gasteiger partial charge in [0.25, 0.3) is 0 Å². The Bertz CT molecular complexity index is 1140. The van der Waals surface area contributed by atoms with Gasteiger partial charge < -0.3 is 15.0 Å². The van der Waals surface area contributed by atoms with Crippen molar-refractivity contribution >= 4 is 22.0 Å². The molecule has 1 aliphatic heterocycles. The van der Waals surface area contributed by atoms with Gasteiger partial charge in [0.2, 0.25) is 15.9 Å². The number of alkyl carbamates (subject to hydrolysis) is 1. The molecule has 1 heterocycles. The Balaban J connectivity index is 1.44. The lowest BCUT2D eigenvalue weighted by Gasteiger charge is -2.39. The highest BCUT2D eigenvalue weighted by Crippen LogP contribution is 2.39. The van der Waals surface area contributed by atoms with E-state index in [1.165, 1.54) is 10.4 Å². The molecule has 38 heavy (non-hydrogen) atoms. The van der Waals surface area contributed by atoms with Crippen molar-refractivity contribution in [3.63, 3.8) is 0 Å². The monoisotopic (exact) mass is 559 g/mol. The van der Waals surface area contributed by atoms with Crippen LogP contribution < -0.4 is 5.32 Å². The van der Waals surface area contributed by atoms with Gasteiger partial charge in [-0.2, -0.15) is 17.5 Å². The van der Waals surface area contributed by atoms with Crippen LogP contribution in [-0.2, 0) is 25.7 Å². The van der Waals surface area contributed by atoms with Crippen LogP contribution in [0.2, 0.25) is 0 Å². The fraction of sp³-hybridized carbons (Fsp3) is 0.692. The molecule has 4 rings (SSSR count). The second kappa shape index (κ2) is 10.7. The number of ether oxygens (including phenoxy) is 1. The molecule has 0 spiro atoms. The summed E-state index contributed by atoms with van der Waals surface area (Å²) in [5, 5.41) is 2.72. The highest BCUT2D eigenvalue weighted by atomic mass is 32.2. The predicted octanol–water partition coefficient (Wildman–Crippen LogP) is 4.54. The Labute approximate surface area is 221 Å². The SMILES string of the molecule is CC(C)(C)OC(=O)NC(CC1CC1)C(=O)N1CCC(N(C2CC2)S(=O)(=O)c2cccc(C(F)(F)F)c2)CC1. The van der Waals surface area contributed by atoms with Crippen LogP contribution in [0.3, 0.4) is 0 Å². The number of nitrogens with one attached hydrogen (secondary N) is 1. The molecule has 2 amide bonds. The average molecular weight is 560 g/mol. The van der Waals surface area contributed by atoms with Crippen molar-refractivity contribution in [1.29, 1.82) is 0 Å². The summed E-state index contributed by atoms with van der Waals surface area (Å²) in [6.45, 7) is 5.82. The Hall–Kier alpha value is -2.34. The van der Waals surface area contributed by atoms with Crippen molar-refractivity contribution in [2.75, 3.05) is 13.1 Å². The van der Waals surface area contributed by atoms with Gasteiger partial charge in [0.15, 0.2) is 0 Å². The largest absolute Gasteiger partial charge is 0.444 e.